The number of ether oxygens (including phenoxy) is 2. The minimum atomic E-state index is -0.376. The second-order valence-corrected chi connectivity index (χ2v) is 7.44. The Morgan fingerprint density at radius 3 is 2.53 bits per heavy atom. The lowest BCUT2D eigenvalue weighted by molar-refractivity contribution is 0.0794. The van der Waals surface area contributed by atoms with Crippen molar-refractivity contribution in [3.05, 3.63) is 64.7 Å². The molecule has 1 aliphatic rings. The monoisotopic (exact) mass is 428 g/mol. The van der Waals surface area contributed by atoms with Crippen LogP contribution in [0, 0.1) is 0 Å². The molecule has 0 unspecified atom stereocenters. The number of anilines is 1. The van der Waals surface area contributed by atoms with Gasteiger partial charge in [-0.05, 0) is 49.6 Å². The number of hydrogen-bond donors (Lipinski definition) is 1. The van der Waals surface area contributed by atoms with E-state index in [1.54, 1.807) is 48.4 Å². The molecule has 0 aliphatic carbocycles. The summed E-state index contributed by atoms with van der Waals surface area (Å²) in [7, 11) is 3.06. The molecule has 2 aromatic rings. The minimum absolute atomic E-state index is 0.112. The van der Waals surface area contributed by atoms with E-state index in [2.05, 4.69) is 11.9 Å². The molecule has 3 rings (SSSR count). The topological polar surface area (TPSA) is 67.9 Å². The maximum absolute atomic E-state index is 13.0. The van der Waals surface area contributed by atoms with E-state index in [0.717, 1.165) is 31.5 Å². The molecular weight excluding hydrogens is 404 g/mol. The zero-order valence-corrected chi connectivity index (χ0v) is 17.9. The molecule has 1 N–H and O–H groups in total. The van der Waals surface area contributed by atoms with Crippen LogP contribution in [-0.4, -0.2) is 44.0 Å². The first-order valence-electron chi connectivity index (χ1n) is 9.74. The number of halogens is 1. The van der Waals surface area contributed by atoms with Crippen LogP contribution in [0.3, 0.4) is 0 Å². The Kier molecular flexibility index (Phi) is 7.00. The van der Waals surface area contributed by atoms with Gasteiger partial charge < -0.3 is 19.7 Å². The fourth-order valence-electron chi connectivity index (χ4n) is 3.57. The minimum Gasteiger partial charge on any atom is -0.493 e. The van der Waals surface area contributed by atoms with Crippen LogP contribution in [0.4, 0.5) is 5.69 Å². The highest BCUT2D eigenvalue weighted by Crippen LogP contribution is 2.34. The Morgan fingerprint density at radius 1 is 1.17 bits per heavy atom. The summed E-state index contributed by atoms with van der Waals surface area (Å²) < 4.78 is 10.8. The molecule has 30 heavy (non-hydrogen) atoms. The van der Waals surface area contributed by atoms with Crippen molar-refractivity contribution in [2.75, 3.05) is 32.6 Å². The quantitative estimate of drug-likeness (QED) is 0.656. The van der Waals surface area contributed by atoms with Crippen LogP contribution < -0.4 is 14.8 Å². The Balaban J connectivity index is 1.94. The molecule has 7 heteroatoms. The van der Waals surface area contributed by atoms with Crippen molar-refractivity contribution in [1.82, 2.24) is 4.90 Å². The van der Waals surface area contributed by atoms with Gasteiger partial charge >= 0.3 is 0 Å². The van der Waals surface area contributed by atoms with Crippen LogP contribution in [0.1, 0.15) is 39.1 Å². The van der Waals surface area contributed by atoms with E-state index in [-0.39, 0.29) is 11.8 Å². The van der Waals surface area contributed by atoms with Crippen LogP contribution in [0.25, 0.3) is 0 Å². The van der Waals surface area contributed by atoms with Crippen LogP contribution in [0.2, 0.25) is 5.02 Å². The Morgan fingerprint density at radius 2 is 1.90 bits per heavy atom. The van der Waals surface area contributed by atoms with E-state index in [9.17, 15) is 9.59 Å². The van der Waals surface area contributed by atoms with Gasteiger partial charge in [0, 0.05) is 29.2 Å². The molecule has 0 spiro atoms. The number of methoxy groups -OCH3 is 2. The summed E-state index contributed by atoms with van der Waals surface area (Å²) >= 11 is 6.14. The van der Waals surface area contributed by atoms with Gasteiger partial charge in [-0.25, -0.2) is 0 Å². The zero-order chi connectivity index (χ0) is 21.7. The summed E-state index contributed by atoms with van der Waals surface area (Å²) in [5.41, 5.74) is 1.95. The smallest absolute Gasteiger partial charge is 0.255 e. The van der Waals surface area contributed by atoms with Crippen molar-refractivity contribution in [2.45, 2.75) is 19.3 Å². The highest BCUT2D eigenvalue weighted by molar-refractivity contribution is 6.31. The van der Waals surface area contributed by atoms with Crippen molar-refractivity contribution in [2.24, 2.45) is 0 Å². The molecule has 0 bridgehead atoms. The molecule has 2 amide bonds. The fourth-order valence-corrected chi connectivity index (χ4v) is 3.75. The van der Waals surface area contributed by atoms with Crippen LogP contribution in [0.5, 0.6) is 11.5 Å². The van der Waals surface area contributed by atoms with Gasteiger partial charge in [-0.15, -0.1) is 6.58 Å². The number of carbonyl (C=O) groups is 2. The zero-order valence-electron chi connectivity index (χ0n) is 17.2. The average Bonchev–Trinajstić information content (AvgIpc) is 3.28. The largest absolute Gasteiger partial charge is 0.493 e. The number of benzene rings is 2. The number of nitrogens with zero attached hydrogens (tertiary/aromatic N) is 1. The lowest BCUT2D eigenvalue weighted by Gasteiger charge is -2.19. The van der Waals surface area contributed by atoms with Gasteiger partial charge in [-0.2, -0.15) is 0 Å². The highest BCUT2D eigenvalue weighted by atomic mass is 35.5. The summed E-state index contributed by atoms with van der Waals surface area (Å²) in [5.74, 6) is 0.515. The Hall–Kier alpha value is -2.99. The summed E-state index contributed by atoms with van der Waals surface area (Å²) in [6, 6.07) is 8.22. The molecule has 2 aromatic carbocycles. The SMILES string of the molecule is C=CCc1cc(C(=O)Nc2cc(Cl)ccc2C(=O)N2CCCC2)cc(OC)c1OC. The number of amides is 2. The normalized spacial score (nSPS) is 13.1. The van der Waals surface area contributed by atoms with E-state index < -0.39 is 0 Å². The van der Waals surface area contributed by atoms with Gasteiger partial charge in [0.25, 0.3) is 11.8 Å². The van der Waals surface area contributed by atoms with E-state index >= 15 is 0 Å². The van der Waals surface area contributed by atoms with Gasteiger partial charge in [0.2, 0.25) is 0 Å². The van der Waals surface area contributed by atoms with E-state index in [1.165, 1.54) is 7.11 Å². The highest BCUT2D eigenvalue weighted by Gasteiger charge is 2.23. The molecule has 158 valence electrons. The van der Waals surface area contributed by atoms with Crippen LogP contribution in [0.15, 0.2) is 43.0 Å². The number of rotatable bonds is 7. The van der Waals surface area contributed by atoms with Gasteiger partial charge in [-0.1, -0.05) is 17.7 Å². The molecule has 0 saturated carbocycles. The first kappa shape index (κ1) is 21.7. The van der Waals surface area contributed by atoms with Crippen molar-refractivity contribution in [1.29, 1.82) is 0 Å². The van der Waals surface area contributed by atoms with Crippen molar-refractivity contribution in [3.63, 3.8) is 0 Å². The third kappa shape index (κ3) is 4.60. The molecule has 1 saturated heterocycles. The number of nitrogens with one attached hydrogen (secondary N) is 1. The summed E-state index contributed by atoms with van der Waals surface area (Å²) in [5, 5.41) is 3.27. The third-order valence-electron chi connectivity index (χ3n) is 5.04. The molecular formula is C23H25ClN2O4. The maximum atomic E-state index is 13.0. The number of carbonyl (C=O) groups excluding carboxylic acids is 2. The molecule has 0 radical (unpaired) electrons. The van der Waals surface area contributed by atoms with Crippen LogP contribution >= 0.6 is 11.6 Å². The van der Waals surface area contributed by atoms with Gasteiger partial charge in [-0.3, -0.25) is 9.59 Å². The molecule has 0 atom stereocenters. The van der Waals surface area contributed by atoms with Crippen molar-refractivity contribution >= 4 is 29.1 Å². The van der Waals surface area contributed by atoms with E-state index in [4.69, 9.17) is 21.1 Å². The predicted molar refractivity (Wildman–Crippen MR) is 118 cm³/mol. The van der Waals surface area contributed by atoms with Crippen LogP contribution in [-0.2, 0) is 6.42 Å². The molecule has 6 nitrogen and oxygen atoms in total. The van der Waals surface area contributed by atoms with E-state index in [1.807, 2.05) is 0 Å². The van der Waals surface area contributed by atoms with Gasteiger partial charge in [0.15, 0.2) is 11.5 Å². The fraction of sp³-hybridized carbons (Fsp3) is 0.304. The number of hydrogen-bond acceptors (Lipinski definition) is 4. The molecule has 1 heterocycles. The lowest BCUT2D eigenvalue weighted by atomic mass is 10.0. The number of allylic oxidation sites excluding steroid dienone is 1. The van der Waals surface area contributed by atoms with Crippen molar-refractivity contribution in [3.8, 4) is 11.5 Å². The first-order valence-corrected chi connectivity index (χ1v) is 10.1. The van der Waals surface area contributed by atoms with E-state index in [0.29, 0.717) is 39.8 Å². The Bertz CT molecular complexity index is 968. The molecule has 0 aromatic heterocycles. The summed E-state index contributed by atoms with van der Waals surface area (Å²) in [6.45, 7) is 5.19. The lowest BCUT2D eigenvalue weighted by Crippen LogP contribution is -2.28. The average molecular weight is 429 g/mol. The first-order chi connectivity index (χ1) is 14.5. The third-order valence-corrected chi connectivity index (χ3v) is 5.27. The van der Waals surface area contributed by atoms with Gasteiger partial charge in [0.1, 0.15) is 0 Å². The van der Waals surface area contributed by atoms with Gasteiger partial charge in [0.05, 0.1) is 25.5 Å². The predicted octanol–water partition coefficient (Wildman–Crippen LogP) is 4.57. The second kappa shape index (κ2) is 9.67. The molecule has 1 fully saturated rings. The molecule has 1 aliphatic heterocycles. The standard InChI is InChI=1S/C23H25ClN2O4/c1-4-7-15-12-16(13-20(29-2)21(15)30-3)22(27)25-19-14-17(24)8-9-18(19)23(28)26-10-5-6-11-26/h4,8-9,12-14H,1,5-7,10-11H2,2-3H3,(H,25,27). The second-order valence-electron chi connectivity index (χ2n) is 7.01. The summed E-state index contributed by atoms with van der Waals surface area (Å²) in [6.07, 6.45) is 4.21. The Labute approximate surface area is 181 Å². The van der Waals surface area contributed by atoms with Crippen molar-refractivity contribution < 1.29 is 19.1 Å². The summed E-state index contributed by atoms with van der Waals surface area (Å²) in [4.78, 5) is 27.7. The maximum Gasteiger partial charge on any atom is 0.255 e. The number of likely N-dealkylation sites (tertiary alicyclic amines) is 1.